The molecule has 28 heavy (non-hydrogen) atoms. The van der Waals surface area contributed by atoms with Gasteiger partial charge in [0.25, 0.3) is 5.56 Å². The first-order valence-corrected chi connectivity index (χ1v) is 9.27. The summed E-state index contributed by atoms with van der Waals surface area (Å²) in [7, 11) is 0. The number of carbonyl (C=O) groups excluding carboxylic acids is 1. The van der Waals surface area contributed by atoms with Crippen LogP contribution in [0.25, 0.3) is 21.9 Å². The summed E-state index contributed by atoms with van der Waals surface area (Å²) in [6.07, 6.45) is 1.66. The predicted molar refractivity (Wildman–Crippen MR) is 104 cm³/mol. The average molecular weight is 385 g/mol. The van der Waals surface area contributed by atoms with Gasteiger partial charge >= 0.3 is 6.09 Å². The van der Waals surface area contributed by atoms with Crippen molar-refractivity contribution in [2.45, 2.75) is 45.8 Å². The summed E-state index contributed by atoms with van der Waals surface area (Å²) in [4.78, 5) is 33.4. The first kappa shape index (κ1) is 18.3. The topological polar surface area (TPSA) is 97.7 Å². The van der Waals surface area contributed by atoms with Crippen LogP contribution in [0.1, 0.15) is 33.0 Å². The summed E-state index contributed by atoms with van der Waals surface area (Å²) in [6.45, 7) is 8.22. The lowest BCUT2D eigenvalue weighted by Crippen LogP contribution is -2.36. The number of H-pyrrole nitrogens is 1. The van der Waals surface area contributed by atoms with E-state index in [4.69, 9.17) is 13.9 Å². The van der Waals surface area contributed by atoms with Crippen LogP contribution in [0, 0.1) is 6.92 Å². The van der Waals surface area contributed by atoms with Crippen molar-refractivity contribution in [3.8, 4) is 5.75 Å². The number of nitrogens with one attached hydrogen (secondary N) is 1. The fraction of sp³-hybridized carbons (Fsp3) is 0.450. The van der Waals surface area contributed by atoms with Gasteiger partial charge in [0.05, 0.1) is 29.1 Å². The zero-order valence-corrected chi connectivity index (χ0v) is 16.4. The first-order valence-electron chi connectivity index (χ1n) is 9.27. The van der Waals surface area contributed by atoms with E-state index in [1.807, 2.05) is 20.8 Å². The monoisotopic (exact) mass is 385 g/mol. The minimum absolute atomic E-state index is 0.212. The molecule has 1 aromatic carbocycles. The van der Waals surface area contributed by atoms with Crippen LogP contribution >= 0.6 is 0 Å². The summed E-state index contributed by atoms with van der Waals surface area (Å²) < 4.78 is 17.2. The second-order valence-electron chi connectivity index (χ2n) is 8.04. The molecule has 1 saturated heterocycles. The smallest absolute Gasteiger partial charge is 0.410 e. The number of likely N-dealkylation sites (tertiary alicyclic amines) is 1. The van der Waals surface area contributed by atoms with Gasteiger partial charge in [-0.3, -0.25) is 4.79 Å². The van der Waals surface area contributed by atoms with Crippen molar-refractivity contribution in [2.24, 2.45) is 0 Å². The van der Waals surface area contributed by atoms with E-state index in [-0.39, 0.29) is 17.8 Å². The Morgan fingerprint density at radius 1 is 1.36 bits per heavy atom. The summed E-state index contributed by atoms with van der Waals surface area (Å²) in [6, 6.07) is 3.43. The Kier molecular flexibility index (Phi) is 4.28. The summed E-state index contributed by atoms with van der Waals surface area (Å²) in [5.41, 5.74) is 0.359. The number of furan rings is 1. The van der Waals surface area contributed by atoms with E-state index in [1.165, 1.54) is 0 Å². The molecular formula is C20H23N3O5. The Labute approximate surface area is 161 Å². The van der Waals surface area contributed by atoms with Crippen LogP contribution in [-0.2, 0) is 4.74 Å². The molecule has 8 nitrogen and oxygen atoms in total. The van der Waals surface area contributed by atoms with Crippen LogP contribution in [-0.4, -0.2) is 45.8 Å². The van der Waals surface area contributed by atoms with Crippen molar-refractivity contribution in [1.29, 1.82) is 0 Å². The standard InChI is InChI=1S/C20H23N3O5/c1-11-21-16-13-6-8-26-17(13)15(9-14(16)18(24)22-11)27-12-5-7-23(10-12)19(25)28-20(2,3)4/h6,8-9,12H,5,7,10H2,1-4H3,(H,21,22,24). The fourth-order valence-electron chi connectivity index (χ4n) is 3.40. The van der Waals surface area contributed by atoms with Gasteiger partial charge in [0.1, 0.15) is 17.5 Å². The number of fused-ring (bicyclic) bond motifs is 3. The SMILES string of the molecule is Cc1nc2c(cc(OC3CCN(C(=O)OC(C)(C)C)C3)c3occc32)c(=O)[nH]1. The largest absolute Gasteiger partial charge is 0.485 e. The number of ether oxygens (including phenoxy) is 2. The normalized spacial score (nSPS) is 17.4. The van der Waals surface area contributed by atoms with E-state index >= 15 is 0 Å². The predicted octanol–water partition coefficient (Wildman–Crippen LogP) is 3.37. The van der Waals surface area contributed by atoms with E-state index in [0.29, 0.717) is 47.6 Å². The maximum atomic E-state index is 12.4. The van der Waals surface area contributed by atoms with Gasteiger partial charge < -0.3 is 23.8 Å². The molecule has 1 aliphatic heterocycles. The lowest BCUT2D eigenvalue weighted by molar-refractivity contribution is 0.0276. The van der Waals surface area contributed by atoms with Gasteiger partial charge in [-0.15, -0.1) is 0 Å². The number of benzene rings is 1. The van der Waals surface area contributed by atoms with Crippen molar-refractivity contribution in [3.63, 3.8) is 0 Å². The van der Waals surface area contributed by atoms with E-state index in [0.717, 1.165) is 5.39 Å². The van der Waals surface area contributed by atoms with Gasteiger partial charge in [-0.2, -0.15) is 0 Å². The zero-order chi connectivity index (χ0) is 20.1. The molecule has 0 radical (unpaired) electrons. The number of carbonyl (C=O) groups is 1. The molecule has 8 heteroatoms. The second kappa shape index (κ2) is 6.54. The summed E-state index contributed by atoms with van der Waals surface area (Å²) in [5.74, 6) is 1.01. The van der Waals surface area contributed by atoms with Gasteiger partial charge in [0, 0.05) is 13.0 Å². The van der Waals surface area contributed by atoms with Crippen molar-refractivity contribution >= 4 is 28.0 Å². The van der Waals surface area contributed by atoms with Crippen LogP contribution in [0.4, 0.5) is 4.79 Å². The van der Waals surface area contributed by atoms with E-state index < -0.39 is 5.60 Å². The van der Waals surface area contributed by atoms with Crippen LogP contribution in [0.2, 0.25) is 0 Å². The number of hydrogen-bond donors (Lipinski definition) is 1. The van der Waals surface area contributed by atoms with Gasteiger partial charge in [-0.25, -0.2) is 9.78 Å². The van der Waals surface area contributed by atoms with Gasteiger partial charge in [0.2, 0.25) is 0 Å². The lowest BCUT2D eigenvalue weighted by Gasteiger charge is -2.24. The van der Waals surface area contributed by atoms with E-state index in [1.54, 1.807) is 30.2 Å². The fourth-order valence-corrected chi connectivity index (χ4v) is 3.40. The molecule has 0 saturated carbocycles. The molecule has 1 aliphatic rings. The van der Waals surface area contributed by atoms with Crippen molar-refractivity contribution in [3.05, 3.63) is 34.6 Å². The molecule has 0 aliphatic carbocycles. The number of nitrogens with zero attached hydrogens (tertiary/aromatic N) is 2. The first-order chi connectivity index (χ1) is 13.2. The molecule has 3 aromatic rings. The number of aromatic amines is 1. The highest BCUT2D eigenvalue weighted by Crippen LogP contribution is 2.33. The number of rotatable bonds is 2. The third-order valence-electron chi connectivity index (χ3n) is 4.58. The minimum Gasteiger partial charge on any atom is -0.485 e. The Balaban J connectivity index is 1.61. The Hall–Kier alpha value is -3.03. The van der Waals surface area contributed by atoms with Crippen LogP contribution in [0.3, 0.4) is 0 Å². The lowest BCUT2D eigenvalue weighted by atomic mass is 10.1. The quantitative estimate of drug-likeness (QED) is 0.726. The van der Waals surface area contributed by atoms with E-state index in [2.05, 4.69) is 9.97 Å². The van der Waals surface area contributed by atoms with Crippen LogP contribution < -0.4 is 10.3 Å². The van der Waals surface area contributed by atoms with Gasteiger partial charge in [-0.05, 0) is 39.8 Å². The summed E-state index contributed by atoms with van der Waals surface area (Å²) in [5, 5.41) is 1.17. The number of aromatic nitrogens is 2. The second-order valence-corrected chi connectivity index (χ2v) is 8.04. The maximum Gasteiger partial charge on any atom is 0.410 e. The molecule has 3 heterocycles. The van der Waals surface area contributed by atoms with Crippen LogP contribution in [0.5, 0.6) is 5.75 Å². The minimum atomic E-state index is -0.541. The number of amides is 1. The molecule has 1 fully saturated rings. The van der Waals surface area contributed by atoms with E-state index in [9.17, 15) is 9.59 Å². The molecular weight excluding hydrogens is 362 g/mol. The summed E-state index contributed by atoms with van der Waals surface area (Å²) >= 11 is 0. The van der Waals surface area contributed by atoms with Crippen molar-refractivity contribution in [2.75, 3.05) is 13.1 Å². The Bertz CT molecular complexity index is 1110. The van der Waals surface area contributed by atoms with Crippen molar-refractivity contribution in [1.82, 2.24) is 14.9 Å². The Morgan fingerprint density at radius 2 is 2.14 bits per heavy atom. The average Bonchev–Trinajstić information content (AvgIpc) is 3.23. The molecule has 1 unspecified atom stereocenters. The molecule has 0 spiro atoms. The van der Waals surface area contributed by atoms with Crippen LogP contribution in [0.15, 0.2) is 27.6 Å². The molecule has 1 amide bonds. The third-order valence-corrected chi connectivity index (χ3v) is 4.58. The molecule has 0 bridgehead atoms. The number of hydrogen-bond acceptors (Lipinski definition) is 6. The Morgan fingerprint density at radius 3 is 2.89 bits per heavy atom. The molecule has 4 rings (SSSR count). The zero-order valence-electron chi connectivity index (χ0n) is 16.4. The molecule has 148 valence electrons. The van der Waals surface area contributed by atoms with Crippen molar-refractivity contribution < 1.29 is 18.7 Å². The molecule has 2 aromatic heterocycles. The van der Waals surface area contributed by atoms with Gasteiger partial charge in [0.15, 0.2) is 11.3 Å². The molecule has 1 N–H and O–H groups in total. The maximum absolute atomic E-state index is 12.4. The van der Waals surface area contributed by atoms with Gasteiger partial charge in [-0.1, -0.05) is 0 Å². The highest BCUT2D eigenvalue weighted by molar-refractivity contribution is 6.05. The number of aryl methyl sites for hydroxylation is 1. The molecule has 1 atom stereocenters. The third kappa shape index (κ3) is 3.42. The highest BCUT2D eigenvalue weighted by atomic mass is 16.6. The highest BCUT2D eigenvalue weighted by Gasteiger charge is 2.31.